The quantitative estimate of drug-likeness (QED) is 0.917. The molecular weight excluding hydrogens is 247 g/mol. The minimum atomic E-state index is -1.17. The number of aliphatic hydroxyl groups is 1. The van der Waals surface area contributed by atoms with Gasteiger partial charge in [0.15, 0.2) is 11.6 Å². The van der Waals surface area contributed by atoms with Crippen molar-refractivity contribution in [1.29, 1.82) is 0 Å². The first-order valence-electron chi connectivity index (χ1n) is 4.99. The van der Waals surface area contributed by atoms with Crippen LogP contribution in [0.3, 0.4) is 0 Å². The van der Waals surface area contributed by atoms with E-state index in [1.165, 1.54) is 12.1 Å². The summed E-state index contributed by atoms with van der Waals surface area (Å²) in [5.41, 5.74) is 0.0404. The second-order valence-corrected chi connectivity index (χ2v) is 3.43. The molecule has 0 bridgehead atoms. The lowest BCUT2D eigenvalue weighted by Crippen LogP contribution is -1.98. The first-order chi connectivity index (χ1) is 8.61. The molecule has 0 aliphatic heterocycles. The van der Waals surface area contributed by atoms with Crippen LogP contribution in [0.2, 0.25) is 0 Å². The third kappa shape index (κ3) is 2.43. The number of aliphatic hydroxyl groups excluding tert-OH is 1. The van der Waals surface area contributed by atoms with E-state index >= 15 is 0 Å². The van der Waals surface area contributed by atoms with Crippen LogP contribution in [0.4, 0.5) is 13.2 Å². The lowest BCUT2D eigenvalue weighted by molar-refractivity contribution is 0.273. The molecule has 0 radical (unpaired) electrons. The summed E-state index contributed by atoms with van der Waals surface area (Å²) in [7, 11) is 0. The highest BCUT2D eigenvalue weighted by atomic mass is 19.2. The maximum atomic E-state index is 13.3. The average Bonchev–Trinajstić information content (AvgIpc) is 2.37. The molecule has 0 amide bonds. The van der Waals surface area contributed by atoms with Crippen LogP contribution in [0.15, 0.2) is 30.5 Å². The summed E-state index contributed by atoms with van der Waals surface area (Å²) in [5, 5.41) is 8.99. The highest BCUT2D eigenvalue weighted by Crippen LogP contribution is 2.27. The Morgan fingerprint density at radius 1 is 1.22 bits per heavy atom. The van der Waals surface area contributed by atoms with E-state index in [1.807, 2.05) is 0 Å². The van der Waals surface area contributed by atoms with Crippen molar-refractivity contribution in [3.05, 3.63) is 53.5 Å². The van der Waals surface area contributed by atoms with Gasteiger partial charge in [-0.15, -0.1) is 0 Å². The van der Waals surface area contributed by atoms with Crippen LogP contribution < -0.4 is 4.74 Å². The van der Waals surface area contributed by atoms with Crippen LogP contribution >= 0.6 is 0 Å². The molecule has 2 rings (SSSR count). The van der Waals surface area contributed by atoms with Gasteiger partial charge in [0.1, 0.15) is 5.82 Å². The molecule has 1 aromatic heterocycles. The number of aromatic nitrogens is 1. The number of hydrogen-bond acceptors (Lipinski definition) is 3. The molecule has 0 spiro atoms. The van der Waals surface area contributed by atoms with Crippen LogP contribution in [0.5, 0.6) is 11.6 Å². The van der Waals surface area contributed by atoms with E-state index in [0.29, 0.717) is 0 Å². The SMILES string of the molecule is OCc1cc(F)cnc1Oc1cccc(F)c1F. The van der Waals surface area contributed by atoms with Gasteiger partial charge < -0.3 is 9.84 Å². The molecule has 18 heavy (non-hydrogen) atoms. The molecule has 1 N–H and O–H groups in total. The molecule has 1 heterocycles. The number of ether oxygens (including phenoxy) is 1. The predicted molar refractivity (Wildman–Crippen MR) is 56.5 cm³/mol. The van der Waals surface area contributed by atoms with Gasteiger partial charge >= 0.3 is 0 Å². The smallest absolute Gasteiger partial charge is 0.225 e. The van der Waals surface area contributed by atoms with Crippen LogP contribution in [-0.2, 0) is 6.61 Å². The van der Waals surface area contributed by atoms with Crippen molar-refractivity contribution in [3.8, 4) is 11.6 Å². The van der Waals surface area contributed by atoms with E-state index in [4.69, 9.17) is 9.84 Å². The molecule has 0 unspecified atom stereocenters. The molecule has 94 valence electrons. The van der Waals surface area contributed by atoms with Gasteiger partial charge in [-0.3, -0.25) is 0 Å². The fraction of sp³-hybridized carbons (Fsp3) is 0.0833. The molecule has 3 nitrogen and oxygen atoms in total. The van der Waals surface area contributed by atoms with Crippen molar-refractivity contribution in [3.63, 3.8) is 0 Å². The minimum Gasteiger partial charge on any atom is -0.435 e. The monoisotopic (exact) mass is 255 g/mol. The van der Waals surface area contributed by atoms with Gasteiger partial charge in [-0.05, 0) is 18.2 Å². The topological polar surface area (TPSA) is 42.4 Å². The molecule has 0 saturated carbocycles. The molecule has 2 aromatic rings. The molecule has 6 heteroatoms. The summed E-state index contributed by atoms with van der Waals surface area (Å²) in [5.74, 6) is -3.47. The van der Waals surface area contributed by atoms with Gasteiger partial charge in [0, 0.05) is 5.56 Å². The molecule has 0 atom stereocenters. The summed E-state index contributed by atoms with van der Waals surface area (Å²) in [6.07, 6.45) is 0.853. The van der Waals surface area contributed by atoms with E-state index in [9.17, 15) is 13.2 Å². The van der Waals surface area contributed by atoms with Crippen LogP contribution in [0.25, 0.3) is 0 Å². The van der Waals surface area contributed by atoms with Gasteiger partial charge in [0.25, 0.3) is 0 Å². The Balaban J connectivity index is 2.37. The average molecular weight is 255 g/mol. The fourth-order valence-corrected chi connectivity index (χ4v) is 1.34. The van der Waals surface area contributed by atoms with E-state index in [2.05, 4.69) is 4.98 Å². The fourth-order valence-electron chi connectivity index (χ4n) is 1.34. The van der Waals surface area contributed by atoms with Gasteiger partial charge in [0.05, 0.1) is 12.8 Å². The largest absolute Gasteiger partial charge is 0.435 e. The summed E-state index contributed by atoms with van der Waals surface area (Å²) in [6.45, 7) is -0.531. The van der Waals surface area contributed by atoms with Crippen molar-refractivity contribution < 1.29 is 23.0 Å². The van der Waals surface area contributed by atoms with Gasteiger partial charge in [0.2, 0.25) is 11.7 Å². The molecule has 0 fully saturated rings. The highest BCUT2D eigenvalue weighted by molar-refractivity contribution is 5.33. The highest BCUT2D eigenvalue weighted by Gasteiger charge is 2.13. The number of benzene rings is 1. The maximum absolute atomic E-state index is 13.3. The predicted octanol–water partition coefficient (Wildman–Crippen LogP) is 2.78. The van der Waals surface area contributed by atoms with Crippen molar-refractivity contribution in [2.75, 3.05) is 0 Å². The molecule has 0 saturated heterocycles. The number of hydrogen-bond donors (Lipinski definition) is 1. The zero-order valence-electron chi connectivity index (χ0n) is 9.03. The Kier molecular flexibility index (Phi) is 3.47. The zero-order valence-corrected chi connectivity index (χ0v) is 9.03. The third-order valence-corrected chi connectivity index (χ3v) is 2.19. The minimum absolute atomic E-state index is 0.0404. The summed E-state index contributed by atoms with van der Waals surface area (Å²) < 4.78 is 44.1. The Morgan fingerprint density at radius 2 is 2.00 bits per heavy atom. The van der Waals surface area contributed by atoms with Crippen molar-refractivity contribution in [1.82, 2.24) is 4.98 Å². The molecule has 1 aromatic carbocycles. The second-order valence-electron chi connectivity index (χ2n) is 3.43. The Hall–Kier alpha value is -2.08. The third-order valence-electron chi connectivity index (χ3n) is 2.19. The van der Waals surface area contributed by atoms with Crippen molar-refractivity contribution in [2.45, 2.75) is 6.61 Å². The van der Waals surface area contributed by atoms with E-state index in [0.717, 1.165) is 18.3 Å². The molecule has 0 aliphatic carbocycles. The molecule has 0 aliphatic rings. The Labute approximate surface area is 100 Å². The number of halogens is 3. The first-order valence-corrected chi connectivity index (χ1v) is 4.99. The van der Waals surface area contributed by atoms with E-state index < -0.39 is 24.1 Å². The van der Waals surface area contributed by atoms with Crippen molar-refractivity contribution >= 4 is 0 Å². The lowest BCUT2D eigenvalue weighted by Gasteiger charge is -2.09. The lowest BCUT2D eigenvalue weighted by atomic mass is 10.3. The van der Waals surface area contributed by atoms with Crippen LogP contribution in [0.1, 0.15) is 5.56 Å². The van der Waals surface area contributed by atoms with E-state index in [-0.39, 0.29) is 17.2 Å². The first kappa shape index (κ1) is 12.4. The number of nitrogens with zero attached hydrogens (tertiary/aromatic N) is 1. The maximum Gasteiger partial charge on any atom is 0.225 e. The van der Waals surface area contributed by atoms with Gasteiger partial charge in [-0.25, -0.2) is 13.8 Å². The standard InChI is InChI=1S/C12H8F3NO2/c13-8-4-7(6-17)12(16-5-8)18-10-3-1-2-9(14)11(10)15/h1-5,17H,6H2. The number of pyridine rings is 1. The van der Waals surface area contributed by atoms with Gasteiger partial charge in [-0.2, -0.15) is 4.39 Å². The zero-order chi connectivity index (χ0) is 13.1. The second kappa shape index (κ2) is 5.05. The van der Waals surface area contributed by atoms with Gasteiger partial charge in [-0.1, -0.05) is 6.07 Å². The normalized spacial score (nSPS) is 10.4. The van der Waals surface area contributed by atoms with E-state index in [1.54, 1.807) is 0 Å². The number of rotatable bonds is 3. The summed E-state index contributed by atoms with van der Waals surface area (Å²) in [6, 6.07) is 4.40. The Bertz CT molecular complexity index is 575. The van der Waals surface area contributed by atoms with Crippen LogP contribution in [-0.4, -0.2) is 10.1 Å². The van der Waals surface area contributed by atoms with Crippen molar-refractivity contribution in [2.24, 2.45) is 0 Å². The summed E-state index contributed by atoms with van der Waals surface area (Å²) in [4.78, 5) is 3.57. The van der Waals surface area contributed by atoms with Crippen LogP contribution in [0, 0.1) is 17.5 Å². The summed E-state index contributed by atoms with van der Waals surface area (Å²) >= 11 is 0. The Morgan fingerprint density at radius 3 is 2.72 bits per heavy atom. The molecular formula is C12H8F3NO2.